The number of piperidine rings is 1. The molecule has 2 aromatic carbocycles. The van der Waals surface area contributed by atoms with Crippen molar-refractivity contribution >= 4 is 32.6 Å². The zero-order valence-electron chi connectivity index (χ0n) is 16.4. The van der Waals surface area contributed by atoms with Crippen molar-refractivity contribution < 1.29 is 17.7 Å². The van der Waals surface area contributed by atoms with Crippen LogP contribution in [0.2, 0.25) is 0 Å². The van der Waals surface area contributed by atoms with Gasteiger partial charge in [0.25, 0.3) is 15.9 Å². The topological polar surface area (TPSA) is 92.5 Å². The van der Waals surface area contributed by atoms with Gasteiger partial charge in [-0.15, -0.1) is 0 Å². The third-order valence-electron chi connectivity index (χ3n) is 5.36. The molecule has 3 aromatic rings. The molecule has 7 nitrogen and oxygen atoms in total. The minimum absolute atomic E-state index is 0.0547. The first-order valence-electron chi connectivity index (χ1n) is 9.64. The Kier molecular flexibility index (Phi) is 5.04. The van der Waals surface area contributed by atoms with Crippen LogP contribution in [-0.2, 0) is 10.0 Å². The van der Waals surface area contributed by atoms with Gasteiger partial charge in [-0.25, -0.2) is 8.42 Å². The summed E-state index contributed by atoms with van der Waals surface area (Å²) < 4.78 is 33.6. The standard InChI is InChI=1S/C21H23N3O4S/c1-14-6-7-16(12-15(14)2)23-29(26,27)17-8-9-19-18(13-17)20(22-28-19)21(25)24-10-4-3-5-11-24/h6-9,12-13,23H,3-5,10-11H2,1-2H3. The highest BCUT2D eigenvalue weighted by Crippen LogP contribution is 2.26. The van der Waals surface area contributed by atoms with Crippen LogP contribution >= 0.6 is 0 Å². The summed E-state index contributed by atoms with van der Waals surface area (Å²) in [5.41, 5.74) is 3.11. The van der Waals surface area contributed by atoms with E-state index in [2.05, 4.69) is 9.88 Å². The number of rotatable bonds is 4. The Bertz CT molecular complexity index is 1180. The molecule has 29 heavy (non-hydrogen) atoms. The number of nitrogens with one attached hydrogen (secondary N) is 1. The summed E-state index contributed by atoms with van der Waals surface area (Å²) >= 11 is 0. The molecule has 8 heteroatoms. The Hall–Kier alpha value is -2.87. The predicted molar refractivity (Wildman–Crippen MR) is 110 cm³/mol. The first kappa shape index (κ1) is 19.4. The third-order valence-corrected chi connectivity index (χ3v) is 6.74. The number of anilines is 1. The molecule has 1 aliphatic rings. The van der Waals surface area contributed by atoms with Crippen LogP contribution < -0.4 is 4.72 Å². The summed E-state index contributed by atoms with van der Waals surface area (Å²) in [5.74, 6) is -0.222. The van der Waals surface area contributed by atoms with E-state index < -0.39 is 10.0 Å². The summed E-state index contributed by atoms with van der Waals surface area (Å²) in [5, 5.41) is 4.32. The second-order valence-corrected chi connectivity index (χ2v) is 9.13. The summed E-state index contributed by atoms with van der Waals surface area (Å²) in [6.07, 6.45) is 3.03. The number of carbonyl (C=O) groups is 1. The van der Waals surface area contributed by atoms with Crippen LogP contribution in [0.4, 0.5) is 5.69 Å². The molecule has 1 aromatic heterocycles. The second-order valence-electron chi connectivity index (χ2n) is 7.45. The molecule has 4 rings (SSSR count). The number of amides is 1. The molecule has 0 saturated carbocycles. The van der Waals surface area contributed by atoms with E-state index in [0.29, 0.717) is 29.7 Å². The summed E-state index contributed by atoms with van der Waals surface area (Å²) in [6.45, 7) is 5.25. The first-order valence-corrected chi connectivity index (χ1v) is 11.1. The fraction of sp³-hybridized carbons (Fsp3) is 0.333. The molecule has 152 valence electrons. The third kappa shape index (κ3) is 3.85. The normalized spacial score (nSPS) is 14.9. The fourth-order valence-corrected chi connectivity index (χ4v) is 4.58. The number of sulfonamides is 1. The zero-order valence-corrected chi connectivity index (χ0v) is 17.3. The molecule has 0 atom stereocenters. The fourth-order valence-electron chi connectivity index (χ4n) is 3.50. The number of benzene rings is 2. The number of nitrogens with zero attached hydrogens (tertiary/aromatic N) is 2. The summed E-state index contributed by atoms with van der Waals surface area (Å²) in [7, 11) is -3.82. The molecule has 0 unspecified atom stereocenters. The highest BCUT2D eigenvalue weighted by atomic mass is 32.2. The number of hydrogen-bond acceptors (Lipinski definition) is 5. The van der Waals surface area contributed by atoms with Gasteiger partial charge in [0.05, 0.1) is 10.3 Å². The van der Waals surface area contributed by atoms with Crippen molar-refractivity contribution in [1.29, 1.82) is 0 Å². The number of aromatic nitrogens is 1. The number of carbonyl (C=O) groups excluding carboxylic acids is 1. The number of aryl methyl sites for hydroxylation is 2. The van der Waals surface area contributed by atoms with Crippen molar-refractivity contribution in [2.45, 2.75) is 38.0 Å². The average molecular weight is 413 g/mol. The highest BCUT2D eigenvalue weighted by Gasteiger charge is 2.25. The van der Waals surface area contributed by atoms with Gasteiger partial charge < -0.3 is 9.42 Å². The second kappa shape index (κ2) is 7.51. The SMILES string of the molecule is Cc1ccc(NS(=O)(=O)c2ccc3onc(C(=O)N4CCCCC4)c3c2)cc1C. The molecule has 0 spiro atoms. The van der Waals surface area contributed by atoms with Gasteiger partial charge in [0.2, 0.25) is 0 Å². The van der Waals surface area contributed by atoms with Gasteiger partial charge in [-0.1, -0.05) is 11.2 Å². The van der Waals surface area contributed by atoms with E-state index in [-0.39, 0.29) is 16.5 Å². The maximum atomic E-state index is 12.9. The van der Waals surface area contributed by atoms with Crippen molar-refractivity contribution in [2.75, 3.05) is 17.8 Å². The number of likely N-dealkylation sites (tertiary alicyclic amines) is 1. The number of fused-ring (bicyclic) bond motifs is 1. The summed E-state index contributed by atoms with van der Waals surface area (Å²) in [4.78, 5) is 14.6. The largest absolute Gasteiger partial charge is 0.355 e. The van der Waals surface area contributed by atoms with E-state index in [0.717, 1.165) is 30.4 Å². The van der Waals surface area contributed by atoms with Gasteiger partial charge in [0.1, 0.15) is 0 Å². The van der Waals surface area contributed by atoms with Crippen LogP contribution in [-0.4, -0.2) is 37.5 Å². The molecule has 1 N–H and O–H groups in total. The predicted octanol–water partition coefficient (Wildman–Crippen LogP) is 3.87. The lowest BCUT2D eigenvalue weighted by Crippen LogP contribution is -2.35. The molecule has 0 bridgehead atoms. The van der Waals surface area contributed by atoms with Gasteiger partial charge in [-0.2, -0.15) is 0 Å². The molecular formula is C21H23N3O4S. The Balaban J connectivity index is 1.67. The van der Waals surface area contributed by atoms with Crippen LogP contribution in [0.15, 0.2) is 45.8 Å². The highest BCUT2D eigenvalue weighted by molar-refractivity contribution is 7.92. The van der Waals surface area contributed by atoms with Gasteiger partial charge >= 0.3 is 0 Å². The number of hydrogen-bond donors (Lipinski definition) is 1. The van der Waals surface area contributed by atoms with E-state index >= 15 is 0 Å². The zero-order chi connectivity index (χ0) is 20.6. The molecule has 1 aliphatic heterocycles. The van der Waals surface area contributed by atoms with Gasteiger partial charge in [0.15, 0.2) is 11.3 Å². The van der Waals surface area contributed by atoms with Gasteiger partial charge in [0, 0.05) is 18.8 Å². The molecular weight excluding hydrogens is 390 g/mol. The van der Waals surface area contributed by atoms with E-state index in [1.807, 2.05) is 19.9 Å². The summed E-state index contributed by atoms with van der Waals surface area (Å²) in [6, 6.07) is 9.81. The minimum atomic E-state index is -3.82. The lowest BCUT2D eigenvalue weighted by atomic mass is 10.1. The van der Waals surface area contributed by atoms with Crippen LogP contribution in [0.5, 0.6) is 0 Å². The van der Waals surface area contributed by atoms with Crippen molar-refractivity contribution in [3.63, 3.8) is 0 Å². The van der Waals surface area contributed by atoms with Gasteiger partial charge in [-0.05, 0) is 74.6 Å². The lowest BCUT2D eigenvalue weighted by Gasteiger charge is -2.25. The van der Waals surface area contributed by atoms with E-state index in [4.69, 9.17) is 4.52 Å². The smallest absolute Gasteiger partial charge is 0.276 e. The molecule has 1 fully saturated rings. The maximum absolute atomic E-state index is 12.9. The average Bonchev–Trinajstić information content (AvgIpc) is 3.14. The molecule has 1 saturated heterocycles. The van der Waals surface area contributed by atoms with Crippen LogP contribution in [0.3, 0.4) is 0 Å². The first-order chi connectivity index (χ1) is 13.8. The quantitative estimate of drug-likeness (QED) is 0.701. The molecule has 0 radical (unpaired) electrons. The Morgan fingerprint density at radius 3 is 2.52 bits per heavy atom. The molecule has 2 heterocycles. The van der Waals surface area contributed by atoms with E-state index in [1.54, 1.807) is 17.0 Å². The van der Waals surface area contributed by atoms with Crippen molar-refractivity contribution in [2.24, 2.45) is 0 Å². The Morgan fingerprint density at radius 1 is 1.03 bits per heavy atom. The van der Waals surface area contributed by atoms with Crippen molar-refractivity contribution in [3.8, 4) is 0 Å². The van der Waals surface area contributed by atoms with Crippen molar-refractivity contribution in [1.82, 2.24) is 10.1 Å². The minimum Gasteiger partial charge on any atom is -0.355 e. The maximum Gasteiger partial charge on any atom is 0.276 e. The van der Waals surface area contributed by atoms with Gasteiger partial charge in [-0.3, -0.25) is 9.52 Å². The van der Waals surface area contributed by atoms with Crippen LogP contribution in [0.25, 0.3) is 11.0 Å². The Morgan fingerprint density at radius 2 is 1.79 bits per heavy atom. The van der Waals surface area contributed by atoms with Crippen molar-refractivity contribution in [3.05, 3.63) is 53.2 Å². The van der Waals surface area contributed by atoms with E-state index in [9.17, 15) is 13.2 Å². The lowest BCUT2D eigenvalue weighted by molar-refractivity contribution is 0.0716. The van der Waals surface area contributed by atoms with E-state index in [1.165, 1.54) is 18.2 Å². The molecule has 1 amide bonds. The monoisotopic (exact) mass is 413 g/mol. The van der Waals surface area contributed by atoms with Crippen LogP contribution in [0, 0.1) is 13.8 Å². The Labute approximate surface area is 169 Å². The molecule has 0 aliphatic carbocycles. The van der Waals surface area contributed by atoms with Crippen LogP contribution in [0.1, 0.15) is 40.9 Å².